The predicted octanol–water partition coefficient (Wildman–Crippen LogP) is 4.52. The van der Waals surface area contributed by atoms with Gasteiger partial charge in [0.25, 0.3) is 5.56 Å². The summed E-state index contributed by atoms with van der Waals surface area (Å²) in [6.45, 7) is 2.84. The van der Waals surface area contributed by atoms with E-state index < -0.39 is 0 Å². The van der Waals surface area contributed by atoms with Crippen LogP contribution in [0.4, 0.5) is 0 Å². The zero-order valence-electron chi connectivity index (χ0n) is 15.7. The number of thiophene rings is 1. The quantitative estimate of drug-likeness (QED) is 0.484. The summed E-state index contributed by atoms with van der Waals surface area (Å²) < 4.78 is 12.5. The van der Waals surface area contributed by atoms with E-state index in [1.807, 2.05) is 61.5 Å². The van der Waals surface area contributed by atoms with Crippen molar-refractivity contribution in [3.63, 3.8) is 0 Å². The molecule has 0 fully saturated rings. The van der Waals surface area contributed by atoms with Crippen molar-refractivity contribution in [3.05, 3.63) is 76.2 Å². The Balaban J connectivity index is 1.60. The molecule has 4 rings (SSSR count). The predicted molar refractivity (Wildman–Crippen MR) is 113 cm³/mol. The second-order valence-corrected chi connectivity index (χ2v) is 7.55. The lowest BCUT2D eigenvalue weighted by Crippen LogP contribution is -2.23. The molecule has 4 aromatic rings. The van der Waals surface area contributed by atoms with E-state index in [9.17, 15) is 4.79 Å². The monoisotopic (exact) mass is 392 g/mol. The second kappa shape index (κ2) is 7.86. The lowest BCUT2D eigenvalue weighted by atomic mass is 10.0. The maximum Gasteiger partial charge on any atom is 0.262 e. The number of nitrogens with zero attached hydrogens (tertiary/aromatic N) is 2. The van der Waals surface area contributed by atoms with Crippen LogP contribution in [0.25, 0.3) is 21.3 Å². The Morgan fingerprint density at radius 2 is 1.75 bits per heavy atom. The van der Waals surface area contributed by atoms with Crippen LogP contribution in [0.2, 0.25) is 0 Å². The highest BCUT2D eigenvalue weighted by Crippen LogP contribution is 2.35. The number of hydrogen-bond acceptors (Lipinski definition) is 5. The molecule has 0 aliphatic carbocycles. The Hall–Kier alpha value is -3.12. The van der Waals surface area contributed by atoms with Gasteiger partial charge in [0.15, 0.2) is 0 Å². The smallest absolute Gasteiger partial charge is 0.262 e. The van der Waals surface area contributed by atoms with Gasteiger partial charge in [-0.15, -0.1) is 11.3 Å². The molecule has 0 atom stereocenters. The van der Waals surface area contributed by atoms with Gasteiger partial charge in [0, 0.05) is 10.4 Å². The number of aromatic nitrogens is 2. The first kappa shape index (κ1) is 18.3. The normalized spacial score (nSPS) is 10.9. The fraction of sp³-hybridized carbons (Fsp3) is 0.182. The highest BCUT2D eigenvalue weighted by Gasteiger charge is 2.16. The standard InChI is InChI=1S/C22H20N2O3S/c1-15-19(16-6-4-3-5-7-16)20-21(28-15)23-14-24(22(20)25)12-13-27-18-10-8-17(26-2)9-11-18/h3-11,14H,12-13H2,1-2H3. The van der Waals surface area contributed by atoms with Crippen molar-refractivity contribution in [1.82, 2.24) is 9.55 Å². The van der Waals surface area contributed by atoms with Gasteiger partial charge in [0.1, 0.15) is 22.9 Å². The highest BCUT2D eigenvalue weighted by molar-refractivity contribution is 7.19. The van der Waals surface area contributed by atoms with Crippen LogP contribution < -0.4 is 15.0 Å². The Labute approximate surface area is 166 Å². The Morgan fingerprint density at radius 3 is 2.46 bits per heavy atom. The van der Waals surface area contributed by atoms with Crippen molar-refractivity contribution in [3.8, 4) is 22.6 Å². The minimum absolute atomic E-state index is 0.0356. The van der Waals surface area contributed by atoms with Crippen LogP contribution in [0.5, 0.6) is 11.5 Å². The van der Waals surface area contributed by atoms with E-state index in [0.29, 0.717) is 18.5 Å². The Bertz CT molecular complexity index is 1150. The van der Waals surface area contributed by atoms with E-state index in [1.165, 1.54) is 0 Å². The zero-order valence-corrected chi connectivity index (χ0v) is 16.5. The summed E-state index contributed by atoms with van der Waals surface area (Å²) in [6.07, 6.45) is 1.60. The summed E-state index contributed by atoms with van der Waals surface area (Å²) in [4.78, 5) is 19.5. The average molecular weight is 392 g/mol. The summed E-state index contributed by atoms with van der Waals surface area (Å²) in [5.41, 5.74) is 1.98. The summed E-state index contributed by atoms with van der Waals surface area (Å²) in [7, 11) is 1.63. The van der Waals surface area contributed by atoms with Gasteiger partial charge in [-0.2, -0.15) is 0 Å². The van der Waals surface area contributed by atoms with Crippen molar-refractivity contribution >= 4 is 21.6 Å². The topological polar surface area (TPSA) is 53.4 Å². The minimum atomic E-state index is -0.0356. The van der Waals surface area contributed by atoms with E-state index in [1.54, 1.807) is 29.3 Å². The van der Waals surface area contributed by atoms with Crippen LogP contribution in [0, 0.1) is 6.92 Å². The molecule has 2 heterocycles. The van der Waals surface area contributed by atoms with Gasteiger partial charge in [0.05, 0.1) is 25.4 Å². The molecule has 0 aliphatic heterocycles. The maximum atomic E-state index is 13.1. The van der Waals surface area contributed by atoms with Crippen LogP contribution in [0.15, 0.2) is 65.7 Å². The van der Waals surface area contributed by atoms with Crippen LogP contribution in [-0.4, -0.2) is 23.3 Å². The third kappa shape index (κ3) is 3.51. The molecule has 142 valence electrons. The van der Waals surface area contributed by atoms with Gasteiger partial charge in [0.2, 0.25) is 0 Å². The summed E-state index contributed by atoms with van der Waals surface area (Å²) >= 11 is 1.55. The number of methoxy groups -OCH3 is 1. The molecule has 0 saturated heterocycles. The van der Waals surface area contributed by atoms with Gasteiger partial charge in [-0.3, -0.25) is 9.36 Å². The summed E-state index contributed by atoms with van der Waals surface area (Å²) in [5.74, 6) is 1.51. The molecule has 0 spiro atoms. The lowest BCUT2D eigenvalue weighted by molar-refractivity contribution is 0.295. The fourth-order valence-corrected chi connectivity index (χ4v) is 4.19. The molecular weight excluding hydrogens is 372 g/mol. The molecule has 0 saturated carbocycles. The van der Waals surface area contributed by atoms with E-state index in [2.05, 4.69) is 4.98 Å². The molecule has 0 N–H and O–H groups in total. The van der Waals surface area contributed by atoms with Crippen molar-refractivity contribution in [2.75, 3.05) is 13.7 Å². The molecule has 0 radical (unpaired) electrons. The first-order chi connectivity index (χ1) is 13.7. The van der Waals surface area contributed by atoms with Crippen LogP contribution in [0.1, 0.15) is 4.88 Å². The minimum Gasteiger partial charge on any atom is -0.497 e. The molecule has 0 unspecified atom stereocenters. The Kier molecular flexibility index (Phi) is 5.12. The van der Waals surface area contributed by atoms with Crippen molar-refractivity contribution in [1.29, 1.82) is 0 Å². The summed E-state index contributed by atoms with van der Waals surface area (Å²) in [6, 6.07) is 17.4. The highest BCUT2D eigenvalue weighted by atomic mass is 32.1. The number of hydrogen-bond donors (Lipinski definition) is 0. The molecule has 2 aromatic carbocycles. The number of fused-ring (bicyclic) bond motifs is 1. The average Bonchev–Trinajstić information content (AvgIpc) is 3.07. The number of benzene rings is 2. The van der Waals surface area contributed by atoms with Crippen LogP contribution >= 0.6 is 11.3 Å². The third-order valence-electron chi connectivity index (χ3n) is 4.58. The van der Waals surface area contributed by atoms with Crippen molar-refractivity contribution in [2.24, 2.45) is 0 Å². The molecule has 0 amide bonds. The van der Waals surface area contributed by atoms with E-state index >= 15 is 0 Å². The molecular formula is C22H20N2O3S. The number of ether oxygens (including phenoxy) is 2. The van der Waals surface area contributed by atoms with E-state index in [-0.39, 0.29) is 5.56 Å². The van der Waals surface area contributed by atoms with Gasteiger partial charge < -0.3 is 9.47 Å². The first-order valence-electron chi connectivity index (χ1n) is 8.98. The second-order valence-electron chi connectivity index (χ2n) is 6.35. The van der Waals surface area contributed by atoms with Crippen molar-refractivity contribution < 1.29 is 9.47 Å². The molecule has 2 aromatic heterocycles. The molecule has 6 heteroatoms. The lowest BCUT2D eigenvalue weighted by Gasteiger charge is -2.09. The van der Waals surface area contributed by atoms with E-state index in [0.717, 1.165) is 32.3 Å². The number of aryl methyl sites for hydroxylation is 1. The van der Waals surface area contributed by atoms with Crippen LogP contribution in [0.3, 0.4) is 0 Å². The molecule has 5 nitrogen and oxygen atoms in total. The van der Waals surface area contributed by atoms with E-state index in [4.69, 9.17) is 9.47 Å². The van der Waals surface area contributed by atoms with Crippen molar-refractivity contribution in [2.45, 2.75) is 13.5 Å². The van der Waals surface area contributed by atoms with Gasteiger partial charge in [-0.1, -0.05) is 30.3 Å². The van der Waals surface area contributed by atoms with Crippen LogP contribution in [-0.2, 0) is 6.54 Å². The van der Waals surface area contributed by atoms with Gasteiger partial charge in [-0.25, -0.2) is 4.98 Å². The maximum absolute atomic E-state index is 13.1. The number of rotatable bonds is 6. The molecule has 28 heavy (non-hydrogen) atoms. The largest absolute Gasteiger partial charge is 0.497 e. The molecule has 0 bridgehead atoms. The zero-order chi connectivity index (χ0) is 19.5. The summed E-state index contributed by atoms with van der Waals surface area (Å²) in [5, 5.41) is 0.681. The fourth-order valence-electron chi connectivity index (χ4n) is 3.18. The molecule has 0 aliphatic rings. The van der Waals surface area contributed by atoms with Gasteiger partial charge >= 0.3 is 0 Å². The third-order valence-corrected chi connectivity index (χ3v) is 5.59. The van der Waals surface area contributed by atoms with Gasteiger partial charge in [-0.05, 0) is 36.8 Å². The first-order valence-corrected chi connectivity index (χ1v) is 9.80. The SMILES string of the molecule is COc1ccc(OCCn2cnc3sc(C)c(-c4ccccc4)c3c2=O)cc1. The Morgan fingerprint density at radius 1 is 1.04 bits per heavy atom.